The summed E-state index contributed by atoms with van der Waals surface area (Å²) in [5.41, 5.74) is 5.32. The summed E-state index contributed by atoms with van der Waals surface area (Å²) in [4.78, 5) is 7.28. The van der Waals surface area contributed by atoms with Gasteiger partial charge in [-0.25, -0.2) is 4.98 Å². The first-order chi connectivity index (χ1) is 17.8. The fraction of sp³-hybridized carbons (Fsp3) is 0.345. The molecule has 2 aromatic carbocycles. The van der Waals surface area contributed by atoms with Gasteiger partial charge in [0.05, 0.1) is 22.7 Å². The van der Waals surface area contributed by atoms with Crippen LogP contribution in [-0.2, 0) is 14.3 Å². The van der Waals surface area contributed by atoms with E-state index >= 15 is 0 Å². The molecule has 7 nitrogen and oxygen atoms in total. The van der Waals surface area contributed by atoms with Gasteiger partial charge in [0.25, 0.3) is 10.1 Å². The van der Waals surface area contributed by atoms with Crippen LogP contribution in [0.25, 0.3) is 16.5 Å². The average molecular weight is 523 g/mol. The highest BCUT2D eigenvalue weighted by molar-refractivity contribution is 7.86. The van der Waals surface area contributed by atoms with Crippen LogP contribution in [-0.4, -0.2) is 55.8 Å². The highest BCUT2D eigenvalue weighted by atomic mass is 32.2. The van der Waals surface area contributed by atoms with E-state index in [1.165, 1.54) is 23.4 Å². The van der Waals surface area contributed by atoms with Gasteiger partial charge in [-0.2, -0.15) is 8.42 Å². The number of rotatable bonds is 11. The highest BCUT2D eigenvalue weighted by Crippen LogP contribution is 2.29. The molecule has 0 saturated carbocycles. The Bertz CT molecular complexity index is 1390. The minimum Gasteiger partial charge on any atom is -0.486 e. The number of allylic oxidation sites excluding steroid dienone is 4. The number of fused-ring (bicyclic) bond motifs is 1. The standard InChI is InChI=1S/C29H34N2O5S/c1-4-31(5-2)24-11-8-22(9-12-24)28-16-10-23-18-25(13-17-29(23)30-28)36-26(19-32)20-35-37(33,34)27-14-6-21(3)7-15-27/h6-8,10-11,13-18,26,32H,4-5,9,12,19-20H2,1-3H3. The van der Waals surface area contributed by atoms with Crippen LogP contribution in [0.5, 0.6) is 5.75 Å². The molecule has 0 amide bonds. The molecule has 0 bridgehead atoms. The lowest BCUT2D eigenvalue weighted by Crippen LogP contribution is -2.28. The van der Waals surface area contributed by atoms with Crippen molar-refractivity contribution in [1.82, 2.24) is 9.88 Å². The van der Waals surface area contributed by atoms with E-state index in [1.54, 1.807) is 18.2 Å². The second-order valence-electron chi connectivity index (χ2n) is 9.05. The number of aromatic nitrogens is 1. The van der Waals surface area contributed by atoms with Gasteiger partial charge in [-0.15, -0.1) is 0 Å². The lowest BCUT2D eigenvalue weighted by atomic mass is 9.98. The maximum atomic E-state index is 12.5. The summed E-state index contributed by atoms with van der Waals surface area (Å²) < 4.78 is 35.9. The molecule has 1 atom stereocenters. The monoisotopic (exact) mass is 522 g/mol. The molecule has 8 heteroatoms. The van der Waals surface area contributed by atoms with Gasteiger partial charge in [0.1, 0.15) is 18.5 Å². The van der Waals surface area contributed by atoms with Crippen LogP contribution in [0.15, 0.2) is 77.3 Å². The van der Waals surface area contributed by atoms with Crippen molar-refractivity contribution in [3.8, 4) is 5.75 Å². The quantitative estimate of drug-likeness (QED) is 0.351. The fourth-order valence-corrected chi connectivity index (χ4v) is 5.28. The number of aryl methyl sites for hydroxylation is 1. The largest absolute Gasteiger partial charge is 0.486 e. The van der Waals surface area contributed by atoms with E-state index in [4.69, 9.17) is 13.9 Å². The number of hydrogen-bond donors (Lipinski definition) is 1. The van der Waals surface area contributed by atoms with Crippen molar-refractivity contribution >= 4 is 26.6 Å². The molecule has 1 aliphatic carbocycles. The van der Waals surface area contributed by atoms with Crippen molar-refractivity contribution in [2.75, 3.05) is 26.3 Å². The average Bonchev–Trinajstić information content (AvgIpc) is 2.92. The van der Waals surface area contributed by atoms with Crippen molar-refractivity contribution in [3.05, 3.63) is 83.7 Å². The van der Waals surface area contributed by atoms with Gasteiger partial charge in [0.15, 0.2) is 0 Å². The molecule has 37 heavy (non-hydrogen) atoms. The predicted octanol–water partition coefficient (Wildman–Crippen LogP) is 5.09. The molecule has 0 spiro atoms. The maximum Gasteiger partial charge on any atom is 0.297 e. The number of pyridine rings is 1. The van der Waals surface area contributed by atoms with E-state index in [1.807, 2.05) is 31.2 Å². The van der Waals surface area contributed by atoms with Crippen molar-refractivity contribution in [2.45, 2.75) is 44.6 Å². The van der Waals surface area contributed by atoms with Gasteiger partial charge < -0.3 is 14.7 Å². The van der Waals surface area contributed by atoms with Gasteiger partial charge in [0.2, 0.25) is 0 Å². The third kappa shape index (κ3) is 6.57. The van der Waals surface area contributed by atoms with Crippen LogP contribution in [0.4, 0.5) is 0 Å². The maximum absolute atomic E-state index is 12.5. The van der Waals surface area contributed by atoms with Crippen molar-refractivity contribution < 1.29 is 22.4 Å². The van der Waals surface area contributed by atoms with Crippen LogP contribution >= 0.6 is 0 Å². The molecular formula is C29H34N2O5S. The zero-order chi connectivity index (χ0) is 26.4. The fourth-order valence-electron chi connectivity index (χ4n) is 4.34. The van der Waals surface area contributed by atoms with Crippen LogP contribution in [0, 0.1) is 6.92 Å². The summed E-state index contributed by atoms with van der Waals surface area (Å²) in [6.45, 7) is 7.55. The Labute approximate surface area is 219 Å². The first kappa shape index (κ1) is 26.9. The first-order valence-electron chi connectivity index (χ1n) is 12.6. The summed E-state index contributed by atoms with van der Waals surface area (Å²) in [7, 11) is -3.95. The second kappa shape index (κ2) is 11.9. The molecule has 0 fully saturated rings. The molecule has 1 aliphatic rings. The molecule has 4 rings (SSSR count). The van der Waals surface area contributed by atoms with Crippen LogP contribution < -0.4 is 4.74 Å². The number of hydrogen-bond acceptors (Lipinski definition) is 7. The van der Waals surface area contributed by atoms with Crippen LogP contribution in [0.3, 0.4) is 0 Å². The van der Waals surface area contributed by atoms with E-state index in [-0.39, 0.29) is 11.5 Å². The smallest absolute Gasteiger partial charge is 0.297 e. The lowest BCUT2D eigenvalue weighted by molar-refractivity contribution is 0.0742. The molecule has 1 aromatic heterocycles. The summed E-state index contributed by atoms with van der Waals surface area (Å²) in [6, 6.07) is 15.9. The van der Waals surface area contributed by atoms with Crippen molar-refractivity contribution in [2.24, 2.45) is 0 Å². The Kier molecular flexibility index (Phi) is 8.63. The minimum absolute atomic E-state index is 0.0650. The molecule has 1 unspecified atom stereocenters. The zero-order valence-corrected chi connectivity index (χ0v) is 22.4. The Morgan fingerprint density at radius 2 is 1.76 bits per heavy atom. The van der Waals surface area contributed by atoms with E-state index < -0.39 is 22.8 Å². The Morgan fingerprint density at radius 3 is 2.41 bits per heavy atom. The van der Waals surface area contributed by atoms with E-state index in [0.717, 1.165) is 48.1 Å². The van der Waals surface area contributed by atoms with Gasteiger partial charge in [-0.05, 0) is 81.7 Å². The van der Waals surface area contributed by atoms with Crippen molar-refractivity contribution in [3.63, 3.8) is 0 Å². The van der Waals surface area contributed by atoms with Gasteiger partial charge in [0, 0.05) is 24.2 Å². The summed E-state index contributed by atoms with van der Waals surface area (Å²) in [6.07, 6.45) is 5.48. The lowest BCUT2D eigenvalue weighted by Gasteiger charge is -2.26. The molecule has 0 aliphatic heterocycles. The normalized spacial score (nSPS) is 14.7. The molecular weight excluding hydrogens is 488 g/mol. The highest BCUT2D eigenvalue weighted by Gasteiger charge is 2.20. The Hall–Kier alpha value is -3.20. The minimum atomic E-state index is -3.95. The molecule has 0 saturated heterocycles. The summed E-state index contributed by atoms with van der Waals surface area (Å²) in [5.74, 6) is 0.501. The molecule has 3 aromatic rings. The van der Waals surface area contributed by atoms with Crippen LogP contribution in [0.2, 0.25) is 0 Å². The summed E-state index contributed by atoms with van der Waals surface area (Å²) >= 11 is 0. The molecule has 0 radical (unpaired) electrons. The van der Waals surface area contributed by atoms with Gasteiger partial charge in [-0.1, -0.05) is 29.8 Å². The third-order valence-electron chi connectivity index (χ3n) is 6.51. The number of ether oxygens (including phenoxy) is 1. The number of benzene rings is 2. The third-order valence-corrected chi connectivity index (χ3v) is 7.81. The first-order valence-corrected chi connectivity index (χ1v) is 14.0. The molecule has 1 N–H and O–H groups in total. The number of aliphatic hydroxyl groups excluding tert-OH is 1. The van der Waals surface area contributed by atoms with E-state index in [9.17, 15) is 13.5 Å². The van der Waals surface area contributed by atoms with E-state index in [0.29, 0.717) is 5.75 Å². The topological polar surface area (TPSA) is 89.0 Å². The van der Waals surface area contributed by atoms with Crippen molar-refractivity contribution in [1.29, 1.82) is 0 Å². The Morgan fingerprint density at radius 1 is 1.00 bits per heavy atom. The number of nitrogens with zero attached hydrogens (tertiary/aromatic N) is 2. The predicted molar refractivity (Wildman–Crippen MR) is 146 cm³/mol. The van der Waals surface area contributed by atoms with Gasteiger partial charge >= 0.3 is 0 Å². The Balaban J connectivity index is 1.43. The molecule has 1 heterocycles. The van der Waals surface area contributed by atoms with E-state index in [2.05, 4.69) is 30.9 Å². The number of aliphatic hydroxyl groups is 1. The zero-order valence-electron chi connectivity index (χ0n) is 21.6. The SMILES string of the molecule is CCN(CC)C1=CC=C(c2ccc3cc(OC(CO)COS(=O)(=O)c4ccc(C)cc4)ccc3n2)CC1. The summed E-state index contributed by atoms with van der Waals surface area (Å²) in [5, 5.41) is 10.6. The molecule has 196 valence electrons. The van der Waals surface area contributed by atoms with Gasteiger partial charge in [-0.3, -0.25) is 4.18 Å². The second-order valence-corrected chi connectivity index (χ2v) is 10.7. The van der Waals surface area contributed by atoms with Crippen LogP contribution in [0.1, 0.15) is 37.9 Å².